The van der Waals surface area contributed by atoms with Gasteiger partial charge in [0.15, 0.2) is 17.2 Å². The number of benzene rings is 2. The maximum absolute atomic E-state index is 12.5. The summed E-state index contributed by atoms with van der Waals surface area (Å²) in [5.41, 5.74) is 4.44. The quantitative estimate of drug-likeness (QED) is 0.334. The van der Waals surface area contributed by atoms with Crippen LogP contribution in [0, 0.1) is 0 Å². The van der Waals surface area contributed by atoms with Gasteiger partial charge in [-0.15, -0.1) is 0 Å². The molecule has 0 atom stereocenters. The van der Waals surface area contributed by atoms with E-state index < -0.39 is 5.91 Å². The van der Waals surface area contributed by atoms with E-state index in [0.717, 1.165) is 10.0 Å². The lowest BCUT2D eigenvalue weighted by Gasteiger charge is -2.12. The number of nitrogens with one attached hydrogen (secondary N) is 1. The van der Waals surface area contributed by atoms with Crippen LogP contribution in [0.2, 0.25) is 0 Å². The highest BCUT2D eigenvalue weighted by Gasteiger charge is 2.15. The van der Waals surface area contributed by atoms with Crippen LogP contribution < -0.4 is 19.6 Å². The molecule has 0 aliphatic rings. The molecule has 1 N–H and O–H groups in total. The topological polar surface area (TPSA) is 87.0 Å². The molecule has 0 fully saturated rings. The van der Waals surface area contributed by atoms with Gasteiger partial charge in [0.1, 0.15) is 0 Å². The van der Waals surface area contributed by atoms with Crippen LogP contribution in [0.25, 0.3) is 0 Å². The second-order valence-electron chi connectivity index (χ2n) is 6.31. The fourth-order valence-corrected chi connectivity index (χ4v) is 3.56. The van der Waals surface area contributed by atoms with Crippen LogP contribution in [0.1, 0.15) is 21.6 Å². The molecule has 1 amide bonds. The van der Waals surface area contributed by atoms with Gasteiger partial charge in [-0.3, -0.25) is 9.48 Å². The highest BCUT2D eigenvalue weighted by atomic mass is 79.9. The number of carbonyl (C=O) groups is 1. The Hall–Kier alpha value is -2.85. The van der Waals surface area contributed by atoms with Crippen LogP contribution in [-0.4, -0.2) is 43.2 Å². The predicted octanol–water partition coefficient (Wildman–Crippen LogP) is 4.25. The van der Waals surface area contributed by atoms with E-state index in [-0.39, 0.29) is 5.69 Å². The smallest absolute Gasteiger partial charge is 0.293 e. The number of aromatic nitrogens is 2. The number of hydrogen-bond donors (Lipinski definition) is 1. The Balaban J connectivity index is 1.70. The Kier molecular flexibility index (Phi) is 7.69. The third-order valence-electron chi connectivity index (χ3n) is 4.26. The average Bonchev–Trinajstić information content (AvgIpc) is 3.14. The minimum atomic E-state index is -0.440. The summed E-state index contributed by atoms with van der Waals surface area (Å²) in [6.45, 7) is 0.536. The fraction of sp³-hybridized carbons (Fsp3) is 0.190. The van der Waals surface area contributed by atoms with Gasteiger partial charge < -0.3 is 14.2 Å². The minimum absolute atomic E-state index is 0.235. The first-order valence-electron chi connectivity index (χ1n) is 9.06. The first-order chi connectivity index (χ1) is 14.9. The number of amides is 1. The van der Waals surface area contributed by atoms with E-state index in [4.69, 9.17) is 14.2 Å². The highest BCUT2D eigenvalue weighted by Crippen LogP contribution is 2.37. The molecule has 2 aromatic carbocycles. The first kappa shape index (κ1) is 22.8. The van der Waals surface area contributed by atoms with E-state index in [9.17, 15) is 4.79 Å². The third kappa shape index (κ3) is 5.65. The SMILES string of the molecule is COc1cc(C=NNC(=O)c2nn(Cc3ccc(Br)cc3)cc2Br)cc(OC)c1OC. The number of methoxy groups -OCH3 is 3. The molecule has 10 heteroatoms. The molecular weight excluding hydrogens is 532 g/mol. The van der Waals surface area contributed by atoms with E-state index >= 15 is 0 Å². The van der Waals surface area contributed by atoms with Crippen LogP contribution in [0.4, 0.5) is 0 Å². The zero-order valence-electron chi connectivity index (χ0n) is 17.1. The molecule has 3 rings (SSSR count). The number of nitrogens with zero attached hydrogens (tertiary/aromatic N) is 3. The monoisotopic (exact) mass is 550 g/mol. The second kappa shape index (κ2) is 10.5. The van der Waals surface area contributed by atoms with Crippen molar-refractivity contribution in [1.82, 2.24) is 15.2 Å². The summed E-state index contributed by atoms with van der Waals surface area (Å²) in [5, 5.41) is 8.36. The molecule has 162 valence electrons. The Morgan fingerprint density at radius 1 is 1.10 bits per heavy atom. The average molecular weight is 552 g/mol. The normalized spacial score (nSPS) is 10.9. The number of carbonyl (C=O) groups excluding carboxylic acids is 1. The zero-order valence-corrected chi connectivity index (χ0v) is 20.2. The first-order valence-corrected chi connectivity index (χ1v) is 10.6. The van der Waals surface area contributed by atoms with E-state index in [0.29, 0.717) is 33.8 Å². The lowest BCUT2D eigenvalue weighted by atomic mass is 10.2. The van der Waals surface area contributed by atoms with Crippen LogP contribution in [0.5, 0.6) is 17.2 Å². The van der Waals surface area contributed by atoms with Crippen molar-refractivity contribution < 1.29 is 19.0 Å². The van der Waals surface area contributed by atoms with Gasteiger partial charge in [-0.1, -0.05) is 28.1 Å². The Morgan fingerprint density at radius 2 is 1.74 bits per heavy atom. The summed E-state index contributed by atoms with van der Waals surface area (Å²) >= 11 is 6.80. The van der Waals surface area contributed by atoms with Crippen LogP contribution in [0.3, 0.4) is 0 Å². The van der Waals surface area contributed by atoms with E-state index in [1.807, 2.05) is 24.3 Å². The standard InChI is InChI=1S/C21H20Br2N4O4/c1-29-17-8-14(9-18(30-2)20(17)31-3)10-24-25-21(28)19-16(23)12-27(26-19)11-13-4-6-15(22)7-5-13/h4-10,12H,11H2,1-3H3,(H,25,28). The van der Waals surface area contributed by atoms with Gasteiger partial charge in [-0.2, -0.15) is 10.2 Å². The summed E-state index contributed by atoms with van der Waals surface area (Å²) in [7, 11) is 4.59. The van der Waals surface area contributed by atoms with Gasteiger partial charge in [0.2, 0.25) is 5.75 Å². The van der Waals surface area contributed by atoms with Gasteiger partial charge in [0.25, 0.3) is 5.91 Å². The van der Waals surface area contributed by atoms with E-state index in [1.54, 1.807) is 23.0 Å². The lowest BCUT2D eigenvalue weighted by molar-refractivity contribution is 0.0948. The molecule has 0 aliphatic carbocycles. The van der Waals surface area contributed by atoms with Gasteiger partial charge in [-0.25, -0.2) is 5.43 Å². The van der Waals surface area contributed by atoms with Crippen LogP contribution in [0.15, 0.2) is 56.6 Å². The Labute approximate surface area is 196 Å². The maximum Gasteiger partial charge on any atom is 0.293 e. The number of rotatable bonds is 8. The molecule has 31 heavy (non-hydrogen) atoms. The summed E-state index contributed by atoms with van der Waals surface area (Å²) in [6.07, 6.45) is 3.23. The Morgan fingerprint density at radius 3 is 2.32 bits per heavy atom. The van der Waals surface area contributed by atoms with Gasteiger partial charge in [-0.05, 0) is 45.8 Å². The molecule has 3 aromatic rings. The molecular formula is C21H20Br2N4O4. The molecule has 0 saturated carbocycles. The molecule has 0 bridgehead atoms. The van der Waals surface area contributed by atoms with E-state index in [2.05, 4.69) is 47.5 Å². The van der Waals surface area contributed by atoms with Gasteiger partial charge >= 0.3 is 0 Å². The second-order valence-corrected chi connectivity index (χ2v) is 8.08. The predicted molar refractivity (Wildman–Crippen MR) is 124 cm³/mol. The molecule has 0 saturated heterocycles. The summed E-state index contributed by atoms with van der Waals surface area (Å²) in [4.78, 5) is 12.5. The Bertz CT molecular complexity index is 1070. The number of halogens is 2. The number of ether oxygens (including phenoxy) is 3. The van der Waals surface area contributed by atoms with Crippen molar-refractivity contribution >= 4 is 44.0 Å². The molecule has 0 aliphatic heterocycles. The zero-order chi connectivity index (χ0) is 22.4. The van der Waals surface area contributed by atoms with Crippen molar-refractivity contribution in [2.24, 2.45) is 5.10 Å². The lowest BCUT2D eigenvalue weighted by Crippen LogP contribution is -2.19. The largest absolute Gasteiger partial charge is 0.493 e. The molecule has 1 heterocycles. The molecule has 1 aromatic heterocycles. The van der Waals surface area contributed by atoms with Crippen LogP contribution in [-0.2, 0) is 6.54 Å². The van der Waals surface area contributed by atoms with Crippen molar-refractivity contribution in [2.45, 2.75) is 6.54 Å². The van der Waals surface area contributed by atoms with Crippen molar-refractivity contribution in [1.29, 1.82) is 0 Å². The molecule has 0 unspecified atom stereocenters. The van der Waals surface area contributed by atoms with Crippen molar-refractivity contribution in [3.05, 3.63) is 68.4 Å². The van der Waals surface area contributed by atoms with Crippen LogP contribution >= 0.6 is 31.9 Å². The minimum Gasteiger partial charge on any atom is -0.493 e. The van der Waals surface area contributed by atoms with Crippen molar-refractivity contribution in [3.8, 4) is 17.2 Å². The van der Waals surface area contributed by atoms with E-state index in [1.165, 1.54) is 27.5 Å². The van der Waals surface area contributed by atoms with Gasteiger partial charge in [0, 0.05) is 16.2 Å². The summed E-state index contributed by atoms with van der Waals surface area (Å²) in [5.74, 6) is 1.02. The van der Waals surface area contributed by atoms with Crippen molar-refractivity contribution in [2.75, 3.05) is 21.3 Å². The highest BCUT2D eigenvalue weighted by molar-refractivity contribution is 9.10. The maximum atomic E-state index is 12.5. The fourth-order valence-electron chi connectivity index (χ4n) is 2.80. The molecule has 0 spiro atoms. The third-order valence-corrected chi connectivity index (χ3v) is 5.37. The number of hydrazone groups is 1. The van der Waals surface area contributed by atoms with Crippen molar-refractivity contribution in [3.63, 3.8) is 0 Å². The number of hydrogen-bond acceptors (Lipinski definition) is 6. The molecule has 8 nitrogen and oxygen atoms in total. The molecule has 0 radical (unpaired) electrons. The summed E-state index contributed by atoms with van der Waals surface area (Å²) in [6, 6.07) is 11.3. The van der Waals surface area contributed by atoms with Gasteiger partial charge in [0.05, 0.1) is 38.6 Å². The summed E-state index contributed by atoms with van der Waals surface area (Å²) < 4.78 is 19.2.